The van der Waals surface area contributed by atoms with E-state index in [4.69, 9.17) is 0 Å². The molecule has 0 aliphatic rings. The summed E-state index contributed by atoms with van der Waals surface area (Å²) in [5, 5.41) is 0. The van der Waals surface area contributed by atoms with E-state index in [1.165, 1.54) is 0 Å². The van der Waals surface area contributed by atoms with Crippen molar-refractivity contribution in [2.75, 3.05) is 0 Å². The number of carbonyl (C=O) groups excluding carboxylic acids is 2. The first kappa shape index (κ1) is 24.5. The number of benzene rings is 4. The van der Waals surface area contributed by atoms with Crippen LogP contribution in [-0.2, 0) is 27.6 Å². The number of carbonyl (C=O) groups is 2. The van der Waals surface area contributed by atoms with Crippen molar-refractivity contribution >= 4 is 22.7 Å². The van der Waals surface area contributed by atoms with Crippen LogP contribution < -0.4 is 0 Å². The number of allylic oxidation sites excluding steroid dienone is 2. The molecule has 4 aromatic rings. The van der Waals surface area contributed by atoms with Crippen molar-refractivity contribution in [2.24, 2.45) is 0 Å². The molecule has 4 aromatic carbocycles. The van der Waals surface area contributed by atoms with E-state index >= 15 is 0 Å². The van der Waals surface area contributed by atoms with Crippen molar-refractivity contribution in [1.29, 1.82) is 0 Å². The standard InChI is InChI=1S/2C16H13O.Pd/c2*1-13(17)12-16(14-8-4-2-5-9-14)15-10-6-3-7-11-15;/h2*2-12H,1H2;. The van der Waals surface area contributed by atoms with Crippen LogP contribution in [0.15, 0.2) is 133 Å². The van der Waals surface area contributed by atoms with Gasteiger partial charge in [-0.05, 0) is 0 Å². The maximum absolute atomic E-state index is 12.9. The Hall–Kier alpha value is -3.64. The number of rotatable bonds is 10. The Balaban J connectivity index is 1.45. The van der Waals surface area contributed by atoms with Crippen LogP contribution in [0.4, 0.5) is 0 Å². The summed E-state index contributed by atoms with van der Waals surface area (Å²) < 4.78 is 0. The second kappa shape index (κ2) is 12.7. The van der Waals surface area contributed by atoms with Gasteiger partial charge in [0, 0.05) is 0 Å². The van der Waals surface area contributed by atoms with Crippen molar-refractivity contribution in [3.05, 3.63) is 156 Å². The third-order valence-electron chi connectivity index (χ3n) is 5.33. The molecule has 0 fully saturated rings. The number of hydrogen-bond acceptors (Lipinski definition) is 2. The summed E-state index contributed by atoms with van der Waals surface area (Å²) >= 11 is 0.0121. The zero-order valence-corrected chi connectivity index (χ0v) is 20.8. The summed E-state index contributed by atoms with van der Waals surface area (Å²) in [5.74, 6) is 0.0923. The molecule has 35 heavy (non-hydrogen) atoms. The van der Waals surface area contributed by atoms with E-state index in [0.29, 0.717) is 9.79 Å². The van der Waals surface area contributed by atoms with Gasteiger partial charge in [-0.3, -0.25) is 0 Å². The van der Waals surface area contributed by atoms with Gasteiger partial charge in [0.05, 0.1) is 0 Å². The van der Waals surface area contributed by atoms with E-state index in [1.807, 2.05) is 121 Å². The average molecular weight is 549 g/mol. The van der Waals surface area contributed by atoms with Crippen LogP contribution in [0, 0.1) is 0 Å². The van der Waals surface area contributed by atoms with Crippen LogP contribution in [0.2, 0.25) is 9.79 Å². The fraction of sp³-hybridized carbons (Fsp3) is 0.0625. The van der Waals surface area contributed by atoms with E-state index in [-0.39, 0.29) is 29.5 Å². The van der Waals surface area contributed by atoms with Gasteiger partial charge in [-0.25, -0.2) is 0 Å². The van der Waals surface area contributed by atoms with E-state index in [1.54, 1.807) is 12.2 Å². The van der Waals surface area contributed by atoms with Gasteiger partial charge >= 0.3 is 216 Å². The first-order valence-electron chi connectivity index (χ1n) is 11.4. The van der Waals surface area contributed by atoms with Crippen LogP contribution in [-0.4, -0.2) is 11.6 Å². The van der Waals surface area contributed by atoms with Crippen LogP contribution in [0.25, 0.3) is 11.1 Å². The molecule has 4 rings (SSSR count). The number of hydrogen-bond donors (Lipinski definition) is 0. The average Bonchev–Trinajstić information content (AvgIpc) is 2.92. The van der Waals surface area contributed by atoms with Gasteiger partial charge in [0.1, 0.15) is 0 Å². The molecule has 0 aliphatic carbocycles. The summed E-state index contributed by atoms with van der Waals surface area (Å²) in [4.78, 5) is 26.5. The van der Waals surface area contributed by atoms with E-state index in [9.17, 15) is 9.59 Å². The molecule has 0 saturated heterocycles. The van der Waals surface area contributed by atoms with Crippen molar-refractivity contribution in [3.8, 4) is 0 Å². The second-order valence-electron chi connectivity index (χ2n) is 7.89. The van der Waals surface area contributed by atoms with Gasteiger partial charge in [-0.2, -0.15) is 0 Å². The predicted molar refractivity (Wildman–Crippen MR) is 140 cm³/mol. The predicted octanol–water partition coefficient (Wildman–Crippen LogP) is 7.31. The zero-order chi connectivity index (χ0) is 24.3. The van der Waals surface area contributed by atoms with Crippen LogP contribution >= 0.6 is 0 Å². The molecular weight excluding hydrogens is 523 g/mol. The zero-order valence-electron chi connectivity index (χ0n) is 19.2. The minimum absolute atomic E-state index is 0.0121. The molecule has 0 bridgehead atoms. The minimum atomic E-state index is 0.0121. The molecule has 0 aliphatic heterocycles. The fourth-order valence-electron chi connectivity index (χ4n) is 3.72. The van der Waals surface area contributed by atoms with Crippen molar-refractivity contribution in [2.45, 2.75) is 9.79 Å². The Labute approximate surface area is 215 Å². The van der Waals surface area contributed by atoms with Gasteiger partial charge in [0.25, 0.3) is 0 Å². The Bertz CT molecular complexity index is 1120. The summed E-state index contributed by atoms with van der Waals surface area (Å²) in [6, 6.07) is 39.8. The topological polar surface area (TPSA) is 34.1 Å². The van der Waals surface area contributed by atoms with Gasteiger partial charge < -0.3 is 0 Å². The third-order valence-corrected chi connectivity index (χ3v) is 7.19. The van der Waals surface area contributed by atoms with Crippen molar-refractivity contribution in [3.63, 3.8) is 0 Å². The second-order valence-corrected chi connectivity index (χ2v) is 9.77. The van der Waals surface area contributed by atoms with Gasteiger partial charge in [0.15, 0.2) is 0 Å². The summed E-state index contributed by atoms with van der Waals surface area (Å²) in [6.45, 7) is 0. The third kappa shape index (κ3) is 7.17. The Kier molecular flexibility index (Phi) is 8.90. The Morgan fingerprint density at radius 1 is 0.457 bits per heavy atom. The van der Waals surface area contributed by atoms with E-state index in [2.05, 4.69) is 0 Å². The molecule has 0 spiro atoms. The van der Waals surface area contributed by atoms with Gasteiger partial charge in [-0.1, -0.05) is 0 Å². The maximum atomic E-state index is 12.9. The first-order chi connectivity index (χ1) is 17.2. The fourth-order valence-corrected chi connectivity index (χ4v) is 5.00. The SMILES string of the molecule is O=C(C=C(c1ccccc1)c1ccccc1)[CH2][Pd][CH2]C(=O)C=C(c1ccccc1)c1ccccc1. The van der Waals surface area contributed by atoms with E-state index in [0.717, 1.165) is 33.4 Å². The molecule has 0 unspecified atom stereocenters. The van der Waals surface area contributed by atoms with E-state index < -0.39 is 0 Å². The van der Waals surface area contributed by atoms with Crippen LogP contribution in [0.1, 0.15) is 22.3 Å². The molecule has 2 nitrogen and oxygen atoms in total. The molecule has 3 heteroatoms. The quantitative estimate of drug-likeness (QED) is 0.154. The monoisotopic (exact) mass is 548 g/mol. The summed E-state index contributed by atoms with van der Waals surface area (Å²) in [7, 11) is 0. The molecule has 0 heterocycles. The Morgan fingerprint density at radius 3 is 0.971 bits per heavy atom. The molecule has 176 valence electrons. The van der Waals surface area contributed by atoms with Crippen molar-refractivity contribution in [1.82, 2.24) is 0 Å². The molecule has 0 saturated carbocycles. The molecule has 0 atom stereocenters. The molecule has 0 radical (unpaired) electrons. The summed E-state index contributed by atoms with van der Waals surface area (Å²) in [5.41, 5.74) is 5.85. The van der Waals surface area contributed by atoms with Gasteiger partial charge in [-0.15, -0.1) is 0 Å². The molecular formula is C32H26O2Pd. The summed E-state index contributed by atoms with van der Waals surface area (Å²) in [6.07, 6.45) is 3.45. The first-order valence-corrected chi connectivity index (χ1v) is 13.6. The number of ketones is 2. The molecule has 0 amide bonds. The normalized spacial score (nSPS) is 10.4. The molecule has 0 N–H and O–H groups in total. The van der Waals surface area contributed by atoms with Crippen molar-refractivity contribution < 1.29 is 27.6 Å². The van der Waals surface area contributed by atoms with Gasteiger partial charge in [0.2, 0.25) is 0 Å². The van der Waals surface area contributed by atoms with Crippen LogP contribution in [0.3, 0.4) is 0 Å². The Morgan fingerprint density at radius 2 is 0.714 bits per heavy atom. The molecule has 0 aromatic heterocycles. The van der Waals surface area contributed by atoms with Crippen LogP contribution in [0.5, 0.6) is 0 Å².